The van der Waals surface area contributed by atoms with Gasteiger partial charge in [-0.25, -0.2) is 0 Å². The lowest BCUT2D eigenvalue weighted by atomic mass is 9.87. The Kier molecular flexibility index (Phi) is 8.16. The molecule has 0 saturated carbocycles. The first kappa shape index (κ1) is 17.8. The molecule has 0 spiro atoms. The highest BCUT2D eigenvalue weighted by Crippen LogP contribution is 2.28. The maximum atomic E-state index is 11.7. The number of amides is 1. The van der Waals surface area contributed by atoms with Crippen molar-refractivity contribution in [1.82, 2.24) is 15.5 Å². The second-order valence-corrected chi connectivity index (χ2v) is 5.82. The van der Waals surface area contributed by atoms with Crippen LogP contribution in [0.1, 0.15) is 46.5 Å². The van der Waals surface area contributed by atoms with Crippen LogP contribution in [-0.4, -0.2) is 50.0 Å². The molecule has 5 nitrogen and oxygen atoms in total. The minimum Gasteiger partial charge on any atom is -0.355 e. The van der Waals surface area contributed by atoms with Gasteiger partial charge >= 0.3 is 0 Å². The van der Waals surface area contributed by atoms with E-state index in [1.54, 1.807) is 7.05 Å². The lowest BCUT2D eigenvalue weighted by Crippen LogP contribution is -2.45. The lowest BCUT2D eigenvalue weighted by molar-refractivity contribution is -0.120. The molecule has 1 atom stereocenters. The zero-order valence-corrected chi connectivity index (χ0v) is 14.1. The summed E-state index contributed by atoms with van der Waals surface area (Å²) < 4.78 is 0. The molecule has 0 aromatic heterocycles. The van der Waals surface area contributed by atoms with E-state index in [0.29, 0.717) is 6.54 Å². The predicted octanol–water partition coefficient (Wildman–Crippen LogP) is 1.85. The normalized spacial score (nSPS) is 19.2. The largest absolute Gasteiger partial charge is 0.355 e. The van der Waals surface area contributed by atoms with E-state index in [-0.39, 0.29) is 5.91 Å². The molecule has 1 fully saturated rings. The minimum absolute atomic E-state index is 0.0359. The molecule has 0 aliphatic carbocycles. The van der Waals surface area contributed by atoms with Crippen LogP contribution in [0.25, 0.3) is 0 Å². The highest BCUT2D eigenvalue weighted by atomic mass is 16.1. The number of rotatable bonds is 7. The van der Waals surface area contributed by atoms with E-state index in [1.165, 1.54) is 19.3 Å². The summed E-state index contributed by atoms with van der Waals surface area (Å²) in [6.45, 7) is 9.75. The van der Waals surface area contributed by atoms with Gasteiger partial charge in [0.1, 0.15) is 0 Å². The van der Waals surface area contributed by atoms with E-state index in [1.807, 2.05) is 0 Å². The van der Waals surface area contributed by atoms with Crippen molar-refractivity contribution in [3.8, 4) is 0 Å². The van der Waals surface area contributed by atoms with E-state index in [4.69, 9.17) is 0 Å². The average molecular weight is 296 g/mol. The molecule has 0 radical (unpaired) electrons. The van der Waals surface area contributed by atoms with Gasteiger partial charge in [0, 0.05) is 26.7 Å². The third-order valence-corrected chi connectivity index (χ3v) is 4.43. The number of guanidine groups is 1. The Bertz CT molecular complexity index is 339. The number of carbonyl (C=O) groups is 1. The van der Waals surface area contributed by atoms with E-state index in [9.17, 15) is 4.79 Å². The van der Waals surface area contributed by atoms with Gasteiger partial charge in [0.2, 0.25) is 5.91 Å². The Morgan fingerprint density at radius 2 is 2.00 bits per heavy atom. The van der Waals surface area contributed by atoms with E-state index >= 15 is 0 Å². The second-order valence-electron chi connectivity index (χ2n) is 5.82. The van der Waals surface area contributed by atoms with Crippen molar-refractivity contribution in [3.63, 3.8) is 0 Å². The molecule has 1 saturated heterocycles. The molecule has 0 aromatic carbocycles. The number of likely N-dealkylation sites (tertiary alicyclic amines) is 1. The van der Waals surface area contributed by atoms with Gasteiger partial charge in [0.15, 0.2) is 5.96 Å². The lowest BCUT2D eigenvalue weighted by Gasteiger charge is -2.24. The molecule has 5 heteroatoms. The van der Waals surface area contributed by atoms with Crippen molar-refractivity contribution in [1.29, 1.82) is 0 Å². The van der Waals surface area contributed by atoms with E-state index < -0.39 is 0 Å². The van der Waals surface area contributed by atoms with Crippen molar-refractivity contribution in [2.75, 3.05) is 33.2 Å². The second kappa shape index (κ2) is 9.64. The fraction of sp³-hybridized carbons (Fsp3) is 0.875. The quantitative estimate of drug-likeness (QED) is 0.557. The molecule has 21 heavy (non-hydrogen) atoms. The molecule has 1 aliphatic rings. The number of nitrogens with zero attached hydrogens (tertiary/aromatic N) is 2. The van der Waals surface area contributed by atoms with Crippen molar-refractivity contribution < 1.29 is 4.79 Å². The fourth-order valence-electron chi connectivity index (χ4n) is 3.14. The van der Waals surface area contributed by atoms with Crippen LogP contribution in [0.2, 0.25) is 0 Å². The van der Waals surface area contributed by atoms with Crippen LogP contribution in [0.15, 0.2) is 4.99 Å². The fourth-order valence-corrected chi connectivity index (χ4v) is 3.14. The van der Waals surface area contributed by atoms with E-state index in [0.717, 1.165) is 43.9 Å². The molecule has 0 aromatic rings. The summed E-state index contributed by atoms with van der Waals surface area (Å²) in [6, 6.07) is 0. The van der Waals surface area contributed by atoms with Gasteiger partial charge in [0.25, 0.3) is 0 Å². The smallest absolute Gasteiger partial charge is 0.239 e. The molecule has 1 rings (SSSR count). The van der Waals surface area contributed by atoms with Crippen LogP contribution in [0.3, 0.4) is 0 Å². The van der Waals surface area contributed by atoms with Crippen molar-refractivity contribution in [2.24, 2.45) is 16.8 Å². The average Bonchev–Trinajstić information content (AvgIpc) is 2.96. The zero-order valence-electron chi connectivity index (χ0n) is 14.1. The Hall–Kier alpha value is -1.26. The SMILES string of the molecule is CCCNC(=O)CNC(=NC)N1CCC(C(CC)CC)C1. The maximum Gasteiger partial charge on any atom is 0.239 e. The molecule has 0 bridgehead atoms. The van der Waals surface area contributed by atoms with Crippen LogP contribution in [0, 0.1) is 11.8 Å². The van der Waals surface area contributed by atoms with Crippen molar-refractivity contribution in [2.45, 2.75) is 46.5 Å². The summed E-state index contributed by atoms with van der Waals surface area (Å²) in [5, 5.41) is 6.05. The predicted molar refractivity (Wildman–Crippen MR) is 88.4 cm³/mol. The van der Waals surface area contributed by atoms with Crippen LogP contribution < -0.4 is 10.6 Å². The molecule has 2 N–H and O–H groups in total. The van der Waals surface area contributed by atoms with Crippen LogP contribution in [-0.2, 0) is 4.79 Å². The first-order valence-electron chi connectivity index (χ1n) is 8.38. The maximum absolute atomic E-state index is 11.7. The Balaban J connectivity index is 2.42. The summed E-state index contributed by atoms with van der Waals surface area (Å²) in [6.07, 6.45) is 4.69. The third-order valence-electron chi connectivity index (χ3n) is 4.43. The van der Waals surface area contributed by atoms with Crippen LogP contribution in [0.5, 0.6) is 0 Å². The summed E-state index contributed by atoms with van der Waals surface area (Å²) in [4.78, 5) is 18.3. The van der Waals surface area contributed by atoms with Crippen LogP contribution >= 0.6 is 0 Å². The summed E-state index contributed by atoms with van der Waals surface area (Å²) in [5.74, 6) is 2.46. The minimum atomic E-state index is 0.0359. The van der Waals surface area contributed by atoms with E-state index in [2.05, 4.69) is 41.3 Å². The standard InChI is InChI=1S/C16H32N4O/c1-5-9-18-15(21)11-19-16(17-4)20-10-8-14(12-20)13(6-2)7-3/h13-14H,5-12H2,1-4H3,(H,17,19)(H,18,21). The number of hydrogen-bond acceptors (Lipinski definition) is 2. The molecule has 1 unspecified atom stereocenters. The molecule has 1 amide bonds. The first-order valence-corrected chi connectivity index (χ1v) is 8.38. The van der Waals surface area contributed by atoms with Gasteiger partial charge in [-0.3, -0.25) is 9.79 Å². The molecule has 122 valence electrons. The van der Waals surface area contributed by atoms with Crippen LogP contribution in [0.4, 0.5) is 0 Å². The summed E-state index contributed by atoms with van der Waals surface area (Å²) >= 11 is 0. The van der Waals surface area contributed by atoms with Gasteiger partial charge in [0.05, 0.1) is 6.54 Å². The molecule has 1 heterocycles. The van der Waals surface area contributed by atoms with Gasteiger partial charge in [-0.05, 0) is 24.7 Å². The highest BCUT2D eigenvalue weighted by molar-refractivity contribution is 5.86. The Labute approximate surface area is 129 Å². The number of carbonyl (C=O) groups excluding carboxylic acids is 1. The molecular formula is C16H32N4O. The third kappa shape index (κ3) is 5.56. The van der Waals surface area contributed by atoms with Crippen molar-refractivity contribution >= 4 is 11.9 Å². The number of hydrogen-bond donors (Lipinski definition) is 2. The number of aliphatic imine (C=N–C) groups is 1. The first-order chi connectivity index (χ1) is 10.2. The van der Waals surface area contributed by atoms with Gasteiger partial charge in [-0.2, -0.15) is 0 Å². The zero-order chi connectivity index (χ0) is 15.7. The molecule has 1 aliphatic heterocycles. The summed E-state index contributed by atoms with van der Waals surface area (Å²) in [7, 11) is 1.79. The monoisotopic (exact) mass is 296 g/mol. The summed E-state index contributed by atoms with van der Waals surface area (Å²) in [5.41, 5.74) is 0. The van der Waals surface area contributed by atoms with Gasteiger partial charge in [-0.15, -0.1) is 0 Å². The highest BCUT2D eigenvalue weighted by Gasteiger charge is 2.29. The topological polar surface area (TPSA) is 56.7 Å². The Morgan fingerprint density at radius 3 is 2.57 bits per heavy atom. The molecular weight excluding hydrogens is 264 g/mol. The van der Waals surface area contributed by atoms with Gasteiger partial charge < -0.3 is 15.5 Å². The number of nitrogens with one attached hydrogen (secondary N) is 2. The van der Waals surface area contributed by atoms with Crippen molar-refractivity contribution in [3.05, 3.63) is 0 Å². The Morgan fingerprint density at radius 1 is 1.29 bits per heavy atom. The van der Waals surface area contributed by atoms with Gasteiger partial charge in [-0.1, -0.05) is 33.6 Å².